The zero-order chi connectivity index (χ0) is 16.4. The van der Waals surface area contributed by atoms with E-state index in [2.05, 4.69) is 10.3 Å². The topological polar surface area (TPSA) is 88.5 Å². The lowest BCUT2D eigenvalue weighted by Gasteiger charge is -2.07. The van der Waals surface area contributed by atoms with Crippen molar-refractivity contribution in [3.8, 4) is 5.88 Å². The minimum atomic E-state index is -3.93. The number of hydrogen-bond donors (Lipinski definition) is 2. The van der Waals surface area contributed by atoms with Gasteiger partial charge in [0.05, 0.1) is 11.6 Å². The molecule has 126 valence electrons. The molecule has 6 nitrogen and oxygen atoms in total. The second-order valence-corrected chi connectivity index (χ2v) is 8.66. The van der Waals surface area contributed by atoms with Gasteiger partial charge in [-0.2, -0.15) is 8.42 Å². The first-order valence-electron chi connectivity index (χ1n) is 6.65. The van der Waals surface area contributed by atoms with Crippen molar-refractivity contribution < 1.29 is 17.7 Å². The standard InChI is InChI=1S/C12H18Cl2N2O4S2/c13-10-8-11(14)12(16-9-10)20-6-3-1-2-4-15-5-7-21-22(17,18)19/h8-9,15H,1-7H2,(H,17,18,19). The number of ether oxygens (including phenoxy) is 1. The van der Waals surface area contributed by atoms with Gasteiger partial charge in [0, 0.05) is 18.5 Å². The highest BCUT2D eigenvalue weighted by Gasteiger charge is 2.04. The van der Waals surface area contributed by atoms with Gasteiger partial charge in [0.15, 0.2) is 0 Å². The third-order valence-corrected chi connectivity index (χ3v) is 5.06. The highest BCUT2D eigenvalue weighted by molar-refractivity contribution is 8.69. The Morgan fingerprint density at radius 2 is 2.05 bits per heavy atom. The number of nitrogens with one attached hydrogen (secondary N) is 1. The SMILES string of the molecule is O=S(=O)(O)SCCNCCCCCOc1ncc(Cl)cc1Cl. The summed E-state index contributed by atoms with van der Waals surface area (Å²) >= 11 is 11.7. The first-order chi connectivity index (χ1) is 10.4. The summed E-state index contributed by atoms with van der Waals surface area (Å²) < 4.78 is 34.9. The zero-order valence-electron chi connectivity index (χ0n) is 11.8. The average Bonchev–Trinajstić information content (AvgIpc) is 2.41. The number of hydrogen-bond acceptors (Lipinski definition) is 6. The minimum Gasteiger partial charge on any atom is -0.477 e. The lowest BCUT2D eigenvalue weighted by Crippen LogP contribution is -2.19. The van der Waals surface area contributed by atoms with Crippen LogP contribution in [0.2, 0.25) is 10.0 Å². The van der Waals surface area contributed by atoms with E-state index in [4.69, 9.17) is 32.5 Å². The van der Waals surface area contributed by atoms with Crippen molar-refractivity contribution in [2.24, 2.45) is 0 Å². The summed E-state index contributed by atoms with van der Waals surface area (Å²) in [6, 6.07) is 1.58. The van der Waals surface area contributed by atoms with Crippen molar-refractivity contribution in [2.75, 3.05) is 25.4 Å². The molecule has 1 heterocycles. The van der Waals surface area contributed by atoms with Crippen LogP contribution in [0.15, 0.2) is 12.3 Å². The number of rotatable bonds is 11. The largest absolute Gasteiger partial charge is 0.477 e. The van der Waals surface area contributed by atoms with Crippen molar-refractivity contribution in [2.45, 2.75) is 19.3 Å². The predicted octanol–water partition coefficient (Wildman–Crippen LogP) is 3.06. The van der Waals surface area contributed by atoms with E-state index in [1.165, 1.54) is 6.20 Å². The number of aromatic nitrogens is 1. The first-order valence-corrected chi connectivity index (χ1v) is 10.3. The second kappa shape index (κ2) is 10.5. The molecule has 0 amide bonds. The Morgan fingerprint density at radius 1 is 1.27 bits per heavy atom. The Bertz CT molecular complexity index is 558. The van der Waals surface area contributed by atoms with Gasteiger partial charge < -0.3 is 10.1 Å². The summed E-state index contributed by atoms with van der Waals surface area (Å²) in [6.07, 6.45) is 4.25. The molecule has 0 fully saturated rings. The van der Waals surface area contributed by atoms with Gasteiger partial charge in [-0.25, -0.2) is 4.98 Å². The zero-order valence-corrected chi connectivity index (χ0v) is 14.9. The minimum absolute atomic E-state index is 0.322. The number of halogens is 2. The van der Waals surface area contributed by atoms with Crippen molar-refractivity contribution >= 4 is 43.1 Å². The molecule has 2 N–H and O–H groups in total. The molecule has 0 saturated heterocycles. The third-order valence-electron chi connectivity index (χ3n) is 2.52. The fraction of sp³-hybridized carbons (Fsp3) is 0.583. The molecule has 0 aliphatic carbocycles. The average molecular weight is 389 g/mol. The van der Waals surface area contributed by atoms with Gasteiger partial charge in [-0.05, 0) is 42.7 Å². The van der Waals surface area contributed by atoms with Crippen LogP contribution in [-0.2, 0) is 9.15 Å². The van der Waals surface area contributed by atoms with Crippen LogP contribution in [0.1, 0.15) is 19.3 Å². The molecule has 0 unspecified atom stereocenters. The van der Waals surface area contributed by atoms with Gasteiger partial charge >= 0.3 is 9.15 Å². The molecule has 1 aromatic heterocycles. The van der Waals surface area contributed by atoms with E-state index in [1.807, 2.05) is 0 Å². The summed E-state index contributed by atoms with van der Waals surface area (Å²) in [6.45, 7) is 1.84. The smallest absolute Gasteiger partial charge is 0.319 e. The van der Waals surface area contributed by atoms with Gasteiger partial charge in [0.25, 0.3) is 0 Å². The van der Waals surface area contributed by atoms with Gasteiger partial charge in [0.2, 0.25) is 5.88 Å². The Hall–Kier alpha value is -0.250. The molecule has 0 aliphatic heterocycles. The van der Waals surface area contributed by atoms with Gasteiger partial charge in [-0.1, -0.05) is 23.2 Å². The second-order valence-electron chi connectivity index (χ2n) is 4.35. The van der Waals surface area contributed by atoms with E-state index in [-0.39, 0.29) is 0 Å². The van der Waals surface area contributed by atoms with Crippen LogP contribution >= 0.6 is 34.0 Å². The molecule has 1 rings (SSSR count). The van der Waals surface area contributed by atoms with E-state index < -0.39 is 9.15 Å². The number of pyridine rings is 1. The molecule has 10 heteroatoms. The van der Waals surface area contributed by atoms with E-state index in [0.29, 0.717) is 45.6 Å². The summed E-state index contributed by atoms with van der Waals surface area (Å²) in [7, 11) is -3.40. The fourth-order valence-corrected chi connectivity index (χ4v) is 3.30. The number of unbranched alkanes of at least 4 members (excludes halogenated alkanes) is 2. The number of nitrogens with zero attached hydrogens (tertiary/aromatic N) is 1. The maximum atomic E-state index is 10.5. The molecule has 0 aromatic carbocycles. The Labute approximate surface area is 144 Å². The summed E-state index contributed by atoms with van der Waals surface area (Å²) in [5.74, 6) is 0.703. The molecular weight excluding hydrogens is 371 g/mol. The molecule has 22 heavy (non-hydrogen) atoms. The summed E-state index contributed by atoms with van der Waals surface area (Å²) in [5.41, 5.74) is 0. The monoisotopic (exact) mass is 388 g/mol. The van der Waals surface area contributed by atoms with Crippen LogP contribution in [0.25, 0.3) is 0 Å². The van der Waals surface area contributed by atoms with Crippen LogP contribution in [0.5, 0.6) is 5.88 Å². The van der Waals surface area contributed by atoms with E-state index in [9.17, 15) is 8.42 Å². The maximum Gasteiger partial charge on any atom is 0.319 e. The van der Waals surface area contributed by atoms with Gasteiger partial charge in [-0.15, -0.1) is 0 Å². The van der Waals surface area contributed by atoms with Gasteiger partial charge in [0.1, 0.15) is 5.02 Å². The summed E-state index contributed by atoms with van der Waals surface area (Å²) in [4.78, 5) is 4.00. The molecule has 0 atom stereocenters. The normalized spacial score (nSPS) is 11.6. The van der Waals surface area contributed by atoms with E-state index in [1.54, 1.807) is 6.07 Å². The van der Waals surface area contributed by atoms with E-state index in [0.717, 1.165) is 25.8 Å². The maximum absolute atomic E-state index is 10.5. The van der Waals surface area contributed by atoms with Gasteiger partial charge in [-0.3, -0.25) is 4.55 Å². The van der Waals surface area contributed by atoms with Crippen LogP contribution < -0.4 is 10.1 Å². The Kier molecular flexibility index (Phi) is 9.46. The summed E-state index contributed by atoms with van der Waals surface area (Å²) in [5, 5.41) is 3.96. The Balaban J connectivity index is 1.98. The van der Waals surface area contributed by atoms with Crippen LogP contribution in [0.3, 0.4) is 0 Å². The van der Waals surface area contributed by atoms with E-state index >= 15 is 0 Å². The van der Waals surface area contributed by atoms with Crippen molar-refractivity contribution in [1.29, 1.82) is 0 Å². The Morgan fingerprint density at radius 3 is 2.73 bits per heavy atom. The van der Waals surface area contributed by atoms with Crippen molar-refractivity contribution in [1.82, 2.24) is 10.3 Å². The lowest BCUT2D eigenvalue weighted by atomic mass is 10.2. The molecule has 0 radical (unpaired) electrons. The fourth-order valence-electron chi connectivity index (χ4n) is 1.55. The van der Waals surface area contributed by atoms with Crippen molar-refractivity contribution in [3.63, 3.8) is 0 Å². The third kappa shape index (κ3) is 9.70. The predicted molar refractivity (Wildman–Crippen MR) is 90.5 cm³/mol. The molecule has 1 aromatic rings. The molecule has 0 saturated carbocycles. The highest BCUT2D eigenvalue weighted by atomic mass is 35.5. The molecular formula is C12H18Cl2N2O4S2. The molecule has 0 bridgehead atoms. The quantitative estimate of drug-likeness (QED) is 0.342. The van der Waals surface area contributed by atoms with Crippen LogP contribution in [0.4, 0.5) is 0 Å². The van der Waals surface area contributed by atoms with Crippen LogP contribution in [-0.4, -0.2) is 43.4 Å². The lowest BCUT2D eigenvalue weighted by molar-refractivity contribution is 0.294. The molecule has 0 aliphatic rings. The molecule has 0 spiro atoms. The van der Waals surface area contributed by atoms with Crippen molar-refractivity contribution in [3.05, 3.63) is 22.3 Å². The van der Waals surface area contributed by atoms with Crippen LogP contribution in [0, 0.1) is 0 Å². The highest BCUT2D eigenvalue weighted by Crippen LogP contribution is 2.24. The first kappa shape index (κ1) is 19.8.